The van der Waals surface area contributed by atoms with E-state index >= 15 is 0 Å². The molecule has 10 nitrogen and oxygen atoms in total. The van der Waals surface area contributed by atoms with E-state index in [2.05, 4.69) is 62.4 Å². The normalized spacial score (nSPS) is 13.8. The van der Waals surface area contributed by atoms with E-state index in [1.165, 1.54) is 50.7 Å². The van der Waals surface area contributed by atoms with Crippen LogP contribution < -0.4 is 28.4 Å². The molecule has 0 radical (unpaired) electrons. The fourth-order valence-electron chi connectivity index (χ4n) is 7.77. The van der Waals surface area contributed by atoms with Crippen molar-refractivity contribution in [1.29, 1.82) is 0 Å². The minimum absolute atomic E-state index is 0.168. The molecular formula is C47H54O10. The number of fused-ring (bicyclic) bond motifs is 3. The van der Waals surface area contributed by atoms with Crippen molar-refractivity contribution in [3.05, 3.63) is 94.0 Å². The number of ether oxygens (including phenoxy) is 6. The molecule has 0 amide bonds. The average molecular weight is 779 g/mol. The molecule has 10 heteroatoms. The number of carboxylic acid groups (broad SMARTS) is 2. The van der Waals surface area contributed by atoms with Crippen LogP contribution >= 0.6 is 0 Å². The van der Waals surface area contributed by atoms with Gasteiger partial charge in [-0.1, -0.05) is 101 Å². The van der Waals surface area contributed by atoms with E-state index in [9.17, 15) is 19.8 Å². The van der Waals surface area contributed by atoms with E-state index in [1.807, 2.05) is 36.4 Å². The Morgan fingerprint density at radius 2 is 0.877 bits per heavy atom. The molecule has 0 fully saturated rings. The Morgan fingerprint density at radius 3 is 1.16 bits per heavy atom. The van der Waals surface area contributed by atoms with Gasteiger partial charge in [-0.15, -0.1) is 0 Å². The molecule has 2 N–H and O–H groups in total. The number of benzene rings is 4. The van der Waals surface area contributed by atoms with Crippen molar-refractivity contribution in [2.24, 2.45) is 0 Å². The third-order valence-electron chi connectivity index (χ3n) is 10.5. The van der Waals surface area contributed by atoms with Crippen LogP contribution in [-0.2, 0) is 15.0 Å². The summed E-state index contributed by atoms with van der Waals surface area (Å²) in [6.45, 7) is 7.98. The molecule has 5 rings (SSSR count). The molecule has 0 saturated heterocycles. The molecule has 2 atom stereocenters. The van der Waals surface area contributed by atoms with Crippen molar-refractivity contribution < 1.29 is 48.2 Å². The SMILES string of the molecule is CCCC1(CCC)c2cc(/C=C/c3cc(OC)c(OC(CC)C(=O)O)c(OC)c3)ccc2-c2ccc(/C=C/c3cc(OC)c(OC(CC)C(=O)O)c(OC)c3)cc21. The number of carbonyl (C=O) groups is 2. The maximum absolute atomic E-state index is 11.7. The lowest BCUT2D eigenvalue weighted by atomic mass is 9.71. The van der Waals surface area contributed by atoms with Crippen molar-refractivity contribution in [2.45, 2.75) is 83.8 Å². The van der Waals surface area contributed by atoms with Gasteiger partial charge in [0, 0.05) is 5.41 Å². The quantitative estimate of drug-likeness (QED) is 0.0836. The second-order valence-electron chi connectivity index (χ2n) is 14.1. The topological polar surface area (TPSA) is 130 Å². The molecule has 4 aromatic rings. The first kappa shape index (κ1) is 42.2. The second-order valence-corrected chi connectivity index (χ2v) is 14.1. The summed E-state index contributed by atoms with van der Waals surface area (Å²) in [7, 11) is 6.08. The molecule has 57 heavy (non-hydrogen) atoms. The van der Waals surface area contributed by atoms with Gasteiger partial charge in [-0.05, 0) is 94.5 Å². The van der Waals surface area contributed by atoms with E-state index in [4.69, 9.17) is 28.4 Å². The minimum Gasteiger partial charge on any atom is -0.493 e. The van der Waals surface area contributed by atoms with Gasteiger partial charge in [0.05, 0.1) is 28.4 Å². The van der Waals surface area contributed by atoms with Gasteiger partial charge in [-0.3, -0.25) is 0 Å². The van der Waals surface area contributed by atoms with Crippen LogP contribution in [0.15, 0.2) is 60.7 Å². The molecule has 0 heterocycles. The van der Waals surface area contributed by atoms with Gasteiger partial charge in [0.1, 0.15) is 0 Å². The van der Waals surface area contributed by atoms with Crippen LogP contribution in [-0.4, -0.2) is 62.8 Å². The summed E-state index contributed by atoms with van der Waals surface area (Å²) in [4.78, 5) is 23.4. The van der Waals surface area contributed by atoms with Crippen LogP contribution in [0, 0.1) is 0 Å². The highest BCUT2D eigenvalue weighted by Crippen LogP contribution is 2.54. The average Bonchev–Trinajstić information content (AvgIpc) is 3.47. The van der Waals surface area contributed by atoms with E-state index < -0.39 is 24.1 Å². The highest BCUT2D eigenvalue weighted by atomic mass is 16.6. The number of carboxylic acids is 2. The first-order chi connectivity index (χ1) is 27.5. The van der Waals surface area contributed by atoms with Crippen molar-refractivity contribution in [1.82, 2.24) is 0 Å². The summed E-state index contributed by atoms with van der Waals surface area (Å²) in [5, 5.41) is 19.1. The third kappa shape index (κ3) is 8.90. The molecule has 1 aliphatic rings. The van der Waals surface area contributed by atoms with Gasteiger partial charge in [0.15, 0.2) is 35.2 Å². The predicted molar refractivity (Wildman–Crippen MR) is 224 cm³/mol. The summed E-state index contributed by atoms with van der Waals surface area (Å²) >= 11 is 0. The fraction of sp³-hybridized carbons (Fsp3) is 0.362. The van der Waals surface area contributed by atoms with Crippen molar-refractivity contribution in [3.63, 3.8) is 0 Å². The fourth-order valence-corrected chi connectivity index (χ4v) is 7.77. The van der Waals surface area contributed by atoms with Gasteiger partial charge in [0.25, 0.3) is 0 Å². The zero-order valence-electron chi connectivity index (χ0n) is 34.1. The van der Waals surface area contributed by atoms with Gasteiger partial charge in [0.2, 0.25) is 11.5 Å². The summed E-state index contributed by atoms with van der Waals surface area (Å²) in [6, 6.07) is 20.6. The summed E-state index contributed by atoms with van der Waals surface area (Å²) in [5.74, 6) is -0.0530. The Labute approximate surface area is 335 Å². The Bertz CT molecular complexity index is 1930. The van der Waals surface area contributed by atoms with E-state index in [-0.39, 0.29) is 29.8 Å². The third-order valence-corrected chi connectivity index (χ3v) is 10.5. The van der Waals surface area contributed by atoms with Crippen molar-refractivity contribution in [3.8, 4) is 45.6 Å². The Kier molecular flexibility index (Phi) is 14.0. The first-order valence-electron chi connectivity index (χ1n) is 19.5. The lowest BCUT2D eigenvalue weighted by Gasteiger charge is -2.32. The molecule has 0 aromatic heterocycles. The standard InChI is InChI=1S/C47H54O10/c1-9-21-47(22-10-2)35-23-29(13-15-31-25-39(52-5)43(40(26-31)53-6)56-37(11-3)45(48)49)17-19-33(35)34-20-18-30(24-36(34)47)14-16-32-27-41(54-7)44(42(28-32)55-8)57-38(12-4)46(50)51/h13-20,23-28,37-38H,9-12,21-22H2,1-8H3,(H,48,49)(H,50,51)/b15-13+,16-14+. The van der Waals surface area contributed by atoms with Crippen LogP contribution in [0.5, 0.6) is 34.5 Å². The molecule has 1 aliphatic carbocycles. The Hall–Kier alpha value is -5.90. The smallest absolute Gasteiger partial charge is 0.344 e. The minimum atomic E-state index is -1.06. The molecule has 0 spiro atoms. The molecular weight excluding hydrogens is 725 g/mol. The van der Waals surface area contributed by atoms with Gasteiger partial charge >= 0.3 is 11.9 Å². The van der Waals surface area contributed by atoms with Gasteiger partial charge < -0.3 is 38.6 Å². The van der Waals surface area contributed by atoms with Crippen LogP contribution in [0.3, 0.4) is 0 Å². The molecule has 0 aliphatic heterocycles. The second kappa shape index (κ2) is 18.8. The highest BCUT2D eigenvalue weighted by Gasteiger charge is 2.42. The highest BCUT2D eigenvalue weighted by molar-refractivity contribution is 5.85. The largest absolute Gasteiger partial charge is 0.493 e. The maximum Gasteiger partial charge on any atom is 0.344 e. The summed E-state index contributed by atoms with van der Waals surface area (Å²) < 4.78 is 34.1. The van der Waals surface area contributed by atoms with Crippen molar-refractivity contribution >= 4 is 36.2 Å². The van der Waals surface area contributed by atoms with Crippen LogP contribution in [0.25, 0.3) is 35.4 Å². The predicted octanol–water partition coefficient (Wildman–Crippen LogP) is 10.4. The van der Waals surface area contributed by atoms with Crippen molar-refractivity contribution in [2.75, 3.05) is 28.4 Å². The zero-order valence-corrected chi connectivity index (χ0v) is 34.1. The van der Waals surface area contributed by atoms with Gasteiger partial charge in [-0.2, -0.15) is 0 Å². The lowest BCUT2D eigenvalue weighted by Crippen LogP contribution is -2.26. The van der Waals surface area contributed by atoms with Crippen LogP contribution in [0.4, 0.5) is 0 Å². The van der Waals surface area contributed by atoms with E-state index in [0.29, 0.717) is 23.0 Å². The lowest BCUT2D eigenvalue weighted by molar-refractivity contribution is -0.146. The number of hydrogen-bond donors (Lipinski definition) is 2. The van der Waals surface area contributed by atoms with E-state index in [0.717, 1.165) is 47.9 Å². The van der Waals surface area contributed by atoms with Gasteiger partial charge in [-0.25, -0.2) is 9.59 Å². The number of hydrogen-bond acceptors (Lipinski definition) is 8. The summed E-state index contributed by atoms with van der Waals surface area (Å²) in [6.07, 6.45) is 10.7. The molecule has 0 bridgehead atoms. The monoisotopic (exact) mass is 778 g/mol. The number of rotatable bonds is 20. The molecule has 4 aromatic carbocycles. The molecule has 0 saturated carbocycles. The first-order valence-corrected chi connectivity index (χ1v) is 19.5. The van der Waals surface area contributed by atoms with E-state index in [1.54, 1.807) is 13.8 Å². The Balaban J connectivity index is 1.49. The maximum atomic E-state index is 11.7. The van der Waals surface area contributed by atoms with Crippen LogP contribution in [0.2, 0.25) is 0 Å². The Morgan fingerprint density at radius 1 is 0.544 bits per heavy atom. The molecule has 302 valence electrons. The zero-order chi connectivity index (χ0) is 41.3. The van der Waals surface area contributed by atoms with Crippen LogP contribution in [0.1, 0.15) is 99.6 Å². The number of methoxy groups -OCH3 is 4. The summed E-state index contributed by atoms with van der Waals surface area (Å²) in [5.41, 5.74) is 8.69. The number of aliphatic carboxylic acids is 2. The molecule has 2 unspecified atom stereocenters.